The normalized spacial score (nSPS) is 10.6. The number of phenolic OH excluding ortho intramolecular Hbond substituents is 1. The van der Waals surface area contributed by atoms with Gasteiger partial charge in [0.25, 0.3) is 5.91 Å². The van der Waals surface area contributed by atoms with Crippen LogP contribution in [-0.2, 0) is 4.79 Å². The second-order valence-electron chi connectivity index (χ2n) is 4.71. The number of ether oxygens (including phenoxy) is 1. The van der Waals surface area contributed by atoms with E-state index in [2.05, 4.69) is 15.8 Å². The van der Waals surface area contributed by atoms with Crippen molar-refractivity contribution in [2.45, 2.75) is 0 Å². The minimum atomic E-state index is -0.290. The van der Waals surface area contributed by atoms with Gasteiger partial charge in [0.1, 0.15) is 0 Å². The van der Waals surface area contributed by atoms with Gasteiger partial charge >= 0.3 is 0 Å². The number of carbonyl (C=O) groups excluding carboxylic acids is 1. The maximum absolute atomic E-state index is 11.7. The van der Waals surface area contributed by atoms with E-state index in [4.69, 9.17) is 16.3 Å². The van der Waals surface area contributed by atoms with Crippen molar-refractivity contribution in [2.24, 2.45) is 5.10 Å². The minimum absolute atomic E-state index is 0.0754. The van der Waals surface area contributed by atoms with E-state index in [1.807, 2.05) is 22.6 Å². The number of aromatic hydroxyl groups is 1. The molecule has 0 aliphatic carbocycles. The number of hydrazone groups is 1. The van der Waals surface area contributed by atoms with Crippen LogP contribution in [0, 0.1) is 3.57 Å². The summed E-state index contributed by atoms with van der Waals surface area (Å²) in [7, 11) is 1.47. The summed E-state index contributed by atoms with van der Waals surface area (Å²) >= 11 is 7.78. The maximum Gasteiger partial charge on any atom is 0.259 e. The SMILES string of the molecule is COc1cc(/C=N\NC(=O)CNc2ccc(Cl)cc2)cc(I)c1O. The average molecular weight is 460 g/mol. The Kier molecular flexibility index (Phi) is 6.68. The predicted molar refractivity (Wildman–Crippen MR) is 103 cm³/mol. The van der Waals surface area contributed by atoms with E-state index < -0.39 is 0 Å². The van der Waals surface area contributed by atoms with Crippen LogP contribution in [0.15, 0.2) is 41.5 Å². The Morgan fingerprint density at radius 3 is 2.75 bits per heavy atom. The fraction of sp³-hybridized carbons (Fsp3) is 0.125. The monoisotopic (exact) mass is 459 g/mol. The van der Waals surface area contributed by atoms with Gasteiger partial charge in [0.15, 0.2) is 11.5 Å². The Hall–Kier alpha value is -2.00. The molecule has 0 bridgehead atoms. The topological polar surface area (TPSA) is 83.0 Å². The molecule has 0 saturated heterocycles. The first-order valence-corrected chi connectivity index (χ1v) is 8.33. The lowest BCUT2D eigenvalue weighted by molar-refractivity contribution is -0.119. The number of phenols is 1. The quantitative estimate of drug-likeness (QED) is 0.352. The van der Waals surface area contributed by atoms with Gasteiger partial charge in [-0.25, -0.2) is 5.43 Å². The van der Waals surface area contributed by atoms with Gasteiger partial charge in [-0.3, -0.25) is 4.79 Å². The van der Waals surface area contributed by atoms with Crippen LogP contribution in [0.3, 0.4) is 0 Å². The number of carbonyl (C=O) groups is 1. The van der Waals surface area contributed by atoms with E-state index in [9.17, 15) is 9.90 Å². The molecule has 1 amide bonds. The third-order valence-corrected chi connectivity index (χ3v) is 4.05. The number of nitrogens with one attached hydrogen (secondary N) is 2. The largest absolute Gasteiger partial charge is 0.504 e. The van der Waals surface area contributed by atoms with Crippen molar-refractivity contribution in [1.29, 1.82) is 0 Å². The summed E-state index contributed by atoms with van der Waals surface area (Å²) in [5.41, 5.74) is 3.90. The molecule has 2 aromatic carbocycles. The standard InChI is InChI=1S/C16H15ClIN3O3/c1-24-14-7-10(6-13(18)16(14)23)8-20-21-15(22)9-19-12-4-2-11(17)3-5-12/h2-8,19,23H,9H2,1H3,(H,21,22)/b20-8-. The van der Waals surface area contributed by atoms with Gasteiger partial charge in [-0.2, -0.15) is 5.10 Å². The van der Waals surface area contributed by atoms with Crippen molar-refractivity contribution in [3.8, 4) is 11.5 Å². The number of hydrogen-bond acceptors (Lipinski definition) is 5. The number of rotatable bonds is 6. The Morgan fingerprint density at radius 1 is 1.38 bits per heavy atom. The molecule has 24 heavy (non-hydrogen) atoms. The van der Waals surface area contributed by atoms with Crippen LogP contribution in [0.4, 0.5) is 5.69 Å². The summed E-state index contributed by atoms with van der Waals surface area (Å²) in [4.78, 5) is 11.7. The third-order valence-electron chi connectivity index (χ3n) is 2.97. The first kappa shape index (κ1) is 18.3. The number of nitrogens with zero attached hydrogens (tertiary/aromatic N) is 1. The molecule has 2 aromatic rings. The summed E-state index contributed by atoms with van der Waals surface area (Å²) in [6, 6.07) is 10.4. The number of methoxy groups -OCH3 is 1. The van der Waals surface area contributed by atoms with Gasteiger partial charge in [-0.15, -0.1) is 0 Å². The molecule has 0 heterocycles. The van der Waals surface area contributed by atoms with Crippen molar-refractivity contribution in [1.82, 2.24) is 5.43 Å². The fourth-order valence-corrected chi connectivity index (χ4v) is 2.54. The molecule has 0 saturated carbocycles. The van der Waals surface area contributed by atoms with E-state index in [0.717, 1.165) is 5.69 Å². The van der Waals surface area contributed by atoms with Gasteiger partial charge in [0.05, 0.1) is 23.4 Å². The van der Waals surface area contributed by atoms with Gasteiger partial charge in [-0.1, -0.05) is 11.6 Å². The Morgan fingerprint density at radius 2 is 2.08 bits per heavy atom. The summed E-state index contributed by atoms with van der Waals surface area (Å²) in [6.45, 7) is 0.0788. The zero-order chi connectivity index (χ0) is 17.5. The van der Waals surface area contributed by atoms with Crippen LogP contribution in [0.2, 0.25) is 5.02 Å². The first-order valence-electron chi connectivity index (χ1n) is 6.87. The number of anilines is 1. The van der Waals surface area contributed by atoms with Gasteiger partial charge in [0, 0.05) is 10.7 Å². The molecule has 0 aromatic heterocycles. The summed E-state index contributed by atoms with van der Waals surface area (Å²) in [5, 5.41) is 17.2. The van der Waals surface area contributed by atoms with Crippen molar-refractivity contribution in [3.63, 3.8) is 0 Å². The highest BCUT2D eigenvalue weighted by Gasteiger charge is 2.07. The molecule has 0 atom stereocenters. The van der Waals surface area contributed by atoms with Crippen LogP contribution < -0.4 is 15.5 Å². The van der Waals surface area contributed by atoms with Crippen LogP contribution in [0.5, 0.6) is 11.5 Å². The molecule has 2 rings (SSSR count). The molecule has 0 aliphatic heterocycles. The van der Waals surface area contributed by atoms with E-state index in [1.165, 1.54) is 13.3 Å². The second-order valence-corrected chi connectivity index (χ2v) is 6.31. The van der Waals surface area contributed by atoms with E-state index in [-0.39, 0.29) is 18.2 Å². The number of amides is 1. The highest BCUT2D eigenvalue weighted by Crippen LogP contribution is 2.31. The molecule has 0 fully saturated rings. The Balaban J connectivity index is 1.88. The van der Waals surface area contributed by atoms with Gasteiger partial charge < -0.3 is 15.2 Å². The minimum Gasteiger partial charge on any atom is -0.504 e. The lowest BCUT2D eigenvalue weighted by Crippen LogP contribution is -2.25. The molecule has 0 spiro atoms. The average Bonchev–Trinajstić information content (AvgIpc) is 2.57. The molecule has 6 nitrogen and oxygen atoms in total. The summed E-state index contributed by atoms with van der Waals surface area (Å²) in [6.07, 6.45) is 1.48. The van der Waals surface area contributed by atoms with Crippen LogP contribution >= 0.6 is 34.2 Å². The van der Waals surface area contributed by atoms with Crippen molar-refractivity contribution in [3.05, 3.63) is 50.6 Å². The molecular formula is C16H15ClIN3O3. The Bertz CT molecular complexity index is 751. The number of benzene rings is 2. The Labute approximate surface area is 158 Å². The molecule has 0 aliphatic rings. The van der Waals surface area contributed by atoms with E-state index in [1.54, 1.807) is 36.4 Å². The predicted octanol–water partition coefficient (Wildman–Crippen LogP) is 3.22. The van der Waals surface area contributed by atoms with Crippen LogP contribution in [0.1, 0.15) is 5.56 Å². The zero-order valence-corrected chi connectivity index (χ0v) is 15.6. The van der Waals surface area contributed by atoms with E-state index in [0.29, 0.717) is 19.9 Å². The molecule has 3 N–H and O–H groups in total. The molecular weight excluding hydrogens is 445 g/mol. The van der Waals surface area contributed by atoms with Crippen molar-refractivity contribution < 1.29 is 14.6 Å². The smallest absolute Gasteiger partial charge is 0.259 e. The van der Waals surface area contributed by atoms with Crippen LogP contribution in [0.25, 0.3) is 0 Å². The highest BCUT2D eigenvalue weighted by atomic mass is 127. The second kappa shape index (κ2) is 8.74. The lowest BCUT2D eigenvalue weighted by atomic mass is 10.2. The number of halogens is 2. The van der Waals surface area contributed by atoms with Crippen LogP contribution in [-0.4, -0.2) is 30.9 Å². The summed E-state index contributed by atoms with van der Waals surface area (Å²) < 4.78 is 5.70. The molecule has 126 valence electrons. The van der Waals surface area contributed by atoms with Crippen molar-refractivity contribution in [2.75, 3.05) is 19.0 Å². The molecule has 8 heteroatoms. The molecule has 0 unspecified atom stereocenters. The number of hydrogen-bond donors (Lipinski definition) is 3. The first-order chi connectivity index (χ1) is 11.5. The maximum atomic E-state index is 11.7. The fourth-order valence-electron chi connectivity index (χ4n) is 1.79. The van der Waals surface area contributed by atoms with Crippen molar-refractivity contribution >= 4 is 52.0 Å². The summed E-state index contributed by atoms with van der Waals surface area (Å²) in [5.74, 6) is 0.132. The van der Waals surface area contributed by atoms with Gasteiger partial charge in [0.2, 0.25) is 0 Å². The van der Waals surface area contributed by atoms with E-state index >= 15 is 0 Å². The lowest BCUT2D eigenvalue weighted by Gasteiger charge is -2.07. The van der Waals surface area contributed by atoms with Gasteiger partial charge in [-0.05, 0) is 64.6 Å². The third kappa shape index (κ3) is 5.27. The highest BCUT2D eigenvalue weighted by molar-refractivity contribution is 14.1. The zero-order valence-electron chi connectivity index (χ0n) is 12.7. The molecule has 0 radical (unpaired) electrons.